The van der Waals surface area contributed by atoms with Crippen molar-refractivity contribution in [2.24, 2.45) is 5.92 Å². The Kier molecular flexibility index (Phi) is 5.62. The molecule has 27 heavy (non-hydrogen) atoms. The number of likely N-dealkylation sites (tertiary alicyclic amines) is 1. The smallest absolute Gasteiger partial charge is 0.240 e. The normalized spacial score (nSPS) is 17.5. The van der Waals surface area contributed by atoms with E-state index in [-0.39, 0.29) is 29.1 Å². The molecular weight excluding hydrogens is 367 g/mol. The van der Waals surface area contributed by atoms with Crippen molar-refractivity contribution in [3.63, 3.8) is 0 Å². The van der Waals surface area contributed by atoms with Gasteiger partial charge < -0.3 is 4.90 Å². The Hall–Kier alpha value is -2.25. The van der Waals surface area contributed by atoms with Gasteiger partial charge in [-0.3, -0.25) is 4.79 Å². The summed E-state index contributed by atoms with van der Waals surface area (Å²) in [6.07, 6.45) is 0.302. The van der Waals surface area contributed by atoms with Gasteiger partial charge >= 0.3 is 0 Å². The molecule has 1 heterocycles. The number of hydrogen-bond donors (Lipinski definition) is 1. The SMILES string of the molecule is Cc1ccc(C)c(S(=O)(=O)NCC2CC(=O)N(Cc3ccc(F)cc3)C2)c1. The van der Waals surface area contributed by atoms with Gasteiger partial charge in [0.1, 0.15) is 5.82 Å². The average molecular weight is 390 g/mol. The fourth-order valence-electron chi connectivity index (χ4n) is 3.26. The first kappa shape index (κ1) is 19.5. The van der Waals surface area contributed by atoms with Crippen molar-refractivity contribution in [3.8, 4) is 0 Å². The number of carbonyl (C=O) groups excluding carboxylic acids is 1. The minimum Gasteiger partial charge on any atom is -0.338 e. The third kappa shape index (κ3) is 4.73. The van der Waals surface area contributed by atoms with E-state index < -0.39 is 10.0 Å². The van der Waals surface area contributed by atoms with Crippen LogP contribution in [-0.4, -0.2) is 32.3 Å². The number of nitrogens with one attached hydrogen (secondary N) is 1. The number of benzene rings is 2. The number of nitrogens with zero attached hydrogens (tertiary/aromatic N) is 1. The fraction of sp³-hybridized carbons (Fsp3) is 0.350. The van der Waals surface area contributed by atoms with Gasteiger partial charge in [0.2, 0.25) is 15.9 Å². The molecule has 1 amide bonds. The standard InChI is InChI=1S/C20H23FN2O3S/c1-14-3-4-15(2)19(9-14)27(25,26)22-11-17-10-20(24)23(13-17)12-16-5-7-18(21)8-6-16/h3-9,17,22H,10-13H2,1-2H3. The highest BCUT2D eigenvalue weighted by atomic mass is 32.2. The van der Waals surface area contributed by atoms with E-state index >= 15 is 0 Å². The molecule has 0 aliphatic carbocycles. The number of halogens is 1. The molecule has 0 saturated carbocycles. The molecule has 2 aromatic carbocycles. The van der Waals surface area contributed by atoms with Gasteiger partial charge in [0, 0.05) is 26.1 Å². The van der Waals surface area contributed by atoms with Gasteiger partial charge in [-0.25, -0.2) is 17.5 Å². The second-order valence-corrected chi connectivity index (χ2v) is 8.83. The van der Waals surface area contributed by atoms with Crippen molar-refractivity contribution in [2.45, 2.75) is 31.7 Å². The lowest BCUT2D eigenvalue weighted by molar-refractivity contribution is -0.128. The van der Waals surface area contributed by atoms with Crippen LogP contribution >= 0.6 is 0 Å². The summed E-state index contributed by atoms with van der Waals surface area (Å²) in [5.74, 6) is -0.418. The summed E-state index contributed by atoms with van der Waals surface area (Å²) in [7, 11) is -3.62. The molecule has 1 saturated heterocycles. The molecule has 7 heteroatoms. The molecule has 1 atom stereocenters. The van der Waals surface area contributed by atoms with Crippen molar-refractivity contribution in [3.05, 3.63) is 65.0 Å². The van der Waals surface area contributed by atoms with Crippen molar-refractivity contribution in [1.29, 1.82) is 0 Å². The number of sulfonamides is 1. The Labute approximate surface area is 159 Å². The van der Waals surface area contributed by atoms with Crippen LogP contribution in [0.2, 0.25) is 0 Å². The quantitative estimate of drug-likeness (QED) is 0.825. The van der Waals surface area contributed by atoms with Crippen LogP contribution in [0.4, 0.5) is 4.39 Å². The molecule has 2 aromatic rings. The average Bonchev–Trinajstić information content (AvgIpc) is 2.97. The van der Waals surface area contributed by atoms with E-state index in [9.17, 15) is 17.6 Å². The van der Waals surface area contributed by atoms with Crippen LogP contribution < -0.4 is 4.72 Å². The van der Waals surface area contributed by atoms with Gasteiger partial charge in [-0.05, 0) is 54.7 Å². The molecule has 1 unspecified atom stereocenters. The van der Waals surface area contributed by atoms with Crippen LogP contribution in [0.25, 0.3) is 0 Å². The van der Waals surface area contributed by atoms with Crippen LogP contribution in [-0.2, 0) is 21.4 Å². The van der Waals surface area contributed by atoms with Crippen LogP contribution in [0.15, 0.2) is 47.4 Å². The van der Waals surface area contributed by atoms with E-state index in [4.69, 9.17) is 0 Å². The lowest BCUT2D eigenvalue weighted by Crippen LogP contribution is -2.31. The van der Waals surface area contributed by atoms with Crippen molar-refractivity contribution in [1.82, 2.24) is 9.62 Å². The van der Waals surface area contributed by atoms with Crippen LogP contribution in [0, 0.1) is 25.6 Å². The van der Waals surface area contributed by atoms with Gasteiger partial charge in [0.25, 0.3) is 0 Å². The maximum atomic E-state index is 13.0. The number of aryl methyl sites for hydroxylation is 2. The van der Waals surface area contributed by atoms with E-state index in [2.05, 4.69) is 4.72 Å². The second-order valence-electron chi connectivity index (χ2n) is 7.09. The summed E-state index contributed by atoms with van der Waals surface area (Å²) in [5.41, 5.74) is 2.41. The summed E-state index contributed by atoms with van der Waals surface area (Å²) in [4.78, 5) is 14.2. The third-order valence-corrected chi connectivity index (χ3v) is 6.34. The van der Waals surface area contributed by atoms with Gasteiger partial charge in [0.05, 0.1) is 4.90 Å². The van der Waals surface area contributed by atoms with Gasteiger partial charge in [-0.1, -0.05) is 24.3 Å². The lowest BCUT2D eigenvalue weighted by atomic mass is 10.1. The van der Waals surface area contributed by atoms with Gasteiger partial charge in [0.15, 0.2) is 0 Å². The number of hydrogen-bond acceptors (Lipinski definition) is 3. The highest BCUT2D eigenvalue weighted by molar-refractivity contribution is 7.89. The molecule has 0 spiro atoms. The summed E-state index contributed by atoms with van der Waals surface area (Å²) in [5, 5.41) is 0. The van der Waals surface area contributed by atoms with Crippen LogP contribution in [0.3, 0.4) is 0 Å². The fourth-order valence-corrected chi connectivity index (χ4v) is 4.70. The predicted molar refractivity (Wildman–Crippen MR) is 101 cm³/mol. The Morgan fingerprint density at radius 3 is 2.56 bits per heavy atom. The molecule has 5 nitrogen and oxygen atoms in total. The summed E-state index contributed by atoms with van der Waals surface area (Å²) < 4.78 is 40.8. The van der Waals surface area contributed by atoms with E-state index in [0.29, 0.717) is 25.1 Å². The van der Waals surface area contributed by atoms with E-state index in [1.807, 2.05) is 13.0 Å². The summed E-state index contributed by atoms with van der Waals surface area (Å²) >= 11 is 0. The first-order chi connectivity index (χ1) is 12.7. The molecule has 0 bridgehead atoms. The Balaban J connectivity index is 1.61. The molecular formula is C20H23FN2O3S. The van der Waals surface area contributed by atoms with E-state index in [1.165, 1.54) is 12.1 Å². The molecule has 1 fully saturated rings. The highest BCUT2D eigenvalue weighted by Gasteiger charge is 2.30. The van der Waals surface area contributed by atoms with Crippen molar-refractivity contribution >= 4 is 15.9 Å². The zero-order chi connectivity index (χ0) is 19.6. The minimum absolute atomic E-state index is 0.0183. The van der Waals surface area contributed by atoms with Crippen molar-refractivity contribution in [2.75, 3.05) is 13.1 Å². The van der Waals surface area contributed by atoms with Gasteiger partial charge in [-0.2, -0.15) is 0 Å². The van der Waals surface area contributed by atoms with E-state index in [1.54, 1.807) is 36.1 Å². The van der Waals surface area contributed by atoms with Crippen molar-refractivity contribution < 1.29 is 17.6 Å². The zero-order valence-electron chi connectivity index (χ0n) is 15.4. The van der Waals surface area contributed by atoms with Gasteiger partial charge in [-0.15, -0.1) is 0 Å². The molecule has 1 aliphatic heterocycles. The molecule has 144 valence electrons. The number of rotatable bonds is 6. The van der Waals surface area contributed by atoms with E-state index in [0.717, 1.165) is 11.1 Å². The topological polar surface area (TPSA) is 66.5 Å². The molecule has 0 aromatic heterocycles. The highest BCUT2D eigenvalue weighted by Crippen LogP contribution is 2.21. The lowest BCUT2D eigenvalue weighted by Gasteiger charge is -2.17. The maximum Gasteiger partial charge on any atom is 0.240 e. The largest absolute Gasteiger partial charge is 0.338 e. The van der Waals surface area contributed by atoms with Crippen LogP contribution in [0.5, 0.6) is 0 Å². The predicted octanol–water partition coefficient (Wildman–Crippen LogP) is 2.77. The Morgan fingerprint density at radius 1 is 1.15 bits per heavy atom. The minimum atomic E-state index is -3.62. The second kappa shape index (κ2) is 7.78. The molecule has 0 radical (unpaired) electrons. The third-order valence-electron chi connectivity index (χ3n) is 4.78. The first-order valence-corrected chi connectivity index (χ1v) is 10.3. The molecule has 3 rings (SSSR count). The van der Waals surface area contributed by atoms with Crippen LogP contribution in [0.1, 0.15) is 23.1 Å². The maximum absolute atomic E-state index is 13.0. The summed E-state index contributed by atoms with van der Waals surface area (Å²) in [6, 6.07) is 11.3. The first-order valence-electron chi connectivity index (χ1n) is 8.84. The molecule has 1 N–H and O–H groups in total. The number of amides is 1. The Bertz CT molecular complexity index is 942. The Morgan fingerprint density at radius 2 is 1.85 bits per heavy atom. The number of carbonyl (C=O) groups is 1. The molecule has 1 aliphatic rings. The summed E-state index contributed by atoms with van der Waals surface area (Å²) in [6.45, 7) is 4.70. The monoisotopic (exact) mass is 390 g/mol. The zero-order valence-corrected chi connectivity index (χ0v) is 16.2.